The number of rotatable bonds is 7. The third-order valence-electron chi connectivity index (χ3n) is 3.74. The smallest absolute Gasteiger partial charge is 0.279 e. The first-order valence-corrected chi connectivity index (χ1v) is 9.12. The predicted octanol–water partition coefficient (Wildman–Crippen LogP) is 0.870. The van der Waals surface area contributed by atoms with Crippen LogP contribution in [0.5, 0.6) is 0 Å². The lowest BCUT2D eigenvalue weighted by molar-refractivity contribution is 0.0901. The van der Waals surface area contributed by atoms with Gasteiger partial charge in [-0.2, -0.15) is 12.7 Å². The Morgan fingerprint density at radius 3 is 2.35 bits per heavy atom. The molecule has 0 unspecified atom stereocenters. The Hall–Kier alpha value is -1.35. The fourth-order valence-corrected chi connectivity index (χ4v) is 3.67. The number of hydrogen-bond acceptors (Lipinski definition) is 4. The van der Waals surface area contributed by atoms with Gasteiger partial charge in [0.1, 0.15) is 5.82 Å². The van der Waals surface area contributed by atoms with Crippen LogP contribution >= 0.6 is 0 Å². The van der Waals surface area contributed by atoms with Gasteiger partial charge in [0.25, 0.3) is 10.2 Å². The van der Waals surface area contributed by atoms with Crippen LogP contribution in [0.15, 0.2) is 24.3 Å². The first-order chi connectivity index (χ1) is 10.9. The molecule has 0 aromatic heterocycles. The topological polar surface area (TPSA) is 69.7 Å². The maximum Gasteiger partial charge on any atom is 0.279 e. The second-order valence-electron chi connectivity index (χ2n) is 5.50. The SMILES string of the molecule is CCCNS(=O)(=O)N1CCN(CC(=O)c2ccc(F)cc2)CC1. The summed E-state index contributed by atoms with van der Waals surface area (Å²) in [5.74, 6) is -0.467. The van der Waals surface area contributed by atoms with E-state index >= 15 is 0 Å². The van der Waals surface area contributed by atoms with Crippen LogP contribution in [-0.4, -0.2) is 62.7 Å². The van der Waals surface area contributed by atoms with Gasteiger partial charge in [0.15, 0.2) is 5.78 Å². The van der Waals surface area contributed by atoms with Crippen molar-refractivity contribution < 1.29 is 17.6 Å². The van der Waals surface area contributed by atoms with Crippen molar-refractivity contribution in [3.05, 3.63) is 35.6 Å². The number of nitrogens with zero attached hydrogens (tertiary/aromatic N) is 2. The molecular formula is C15H22FN3O3S. The maximum atomic E-state index is 12.9. The summed E-state index contributed by atoms with van der Waals surface area (Å²) in [6.07, 6.45) is 0.741. The zero-order valence-corrected chi connectivity index (χ0v) is 14.0. The minimum absolute atomic E-state index is 0.0922. The van der Waals surface area contributed by atoms with Crippen molar-refractivity contribution in [2.24, 2.45) is 0 Å². The summed E-state index contributed by atoms with van der Waals surface area (Å²) in [5, 5.41) is 0. The Bertz CT molecular complexity index is 626. The minimum Gasteiger partial charge on any atom is -0.293 e. The second kappa shape index (κ2) is 7.96. The summed E-state index contributed by atoms with van der Waals surface area (Å²) < 4.78 is 40.8. The quantitative estimate of drug-likeness (QED) is 0.746. The number of halogens is 1. The van der Waals surface area contributed by atoms with Gasteiger partial charge in [-0.15, -0.1) is 0 Å². The highest BCUT2D eigenvalue weighted by Crippen LogP contribution is 2.09. The Kier molecular flexibility index (Phi) is 6.23. The van der Waals surface area contributed by atoms with Gasteiger partial charge < -0.3 is 0 Å². The number of ketones is 1. The highest BCUT2D eigenvalue weighted by molar-refractivity contribution is 7.87. The van der Waals surface area contributed by atoms with Crippen LogP contribution in [0.1, 0.15) is 23.7 Å². The summed E-state index contributed by atoms with van der Waals surface area (Å²) in [4.78, 5) is 14.0. The van der Waals surface area contributed by atoms with Gasteiger partial charge in [0.2, 0.25) is 0 Å². The average Bonchev–Trinajstić information content (AvgIpc) is 2.54. The molecule has 1 aromatic carbocycles. The van der Waals surface area contributed by atoms with Crippen molar-refractivity contribution in [3.8, 4) is 0 Å². The number of Topliss-reactive ketones (excluding diaryl/α,β-unsaturated/α-hetero) is 1. The van der Waals surface area contributed by atoms with Crippen LogP contribution in [0.4, 0.5) is 4.39 Å². The van der Waals surface area contributed by atoms with E-state index in [1.807, 2.05) is 11.8 Å². The van der Waals surface area contributed by atoms with Crippen LogP contribution in [0, 0.1) is 5.82 Å². The number of carbonyl (C=O) groups excluding carboxylic acids is 1. The molecule has 1 N–H and O–H groups in total. The van der Waals surface area contributed by atoms with Gasteiger partial charge in [0, 0.05) is 38.3 Å². The highest BCUT2D eigenvalue weighted by atomic mass is 32.2. The minimum atomic E-state index is -3.42. The molecule has 6 nitrogen and oxygen atoms in total. The molecule has 0 spiro atoms. The molecule has 1 saturated heterocycles. The molecule has 8 heteroatoms. The Labute approximate surface area is 136 Å². The molecule has 128 valence electrons. The third kappa shape index (κ3) is 5.07. The number of piperazine rings is 1. The lowest BCUT2D eigenvalue weighted by atomic mass is 10.1. The van der Waals surface area contributed by atoms with E-state index in [9.17, 15) is 17.6 Å². The molecule has 23 heavy (non-hydrogen) atoms. The van der Waals surface area contributed by atoms with Crippen molar-refractivity contribution in [2.75, 3.05) is 39.3 Å². The lowest BCUT2D eigenvalue weighted by Crippen LogP contribution is -2.52. The lowest BCUT2D eigenvalue weighted by Gasteiger charge is -2.33. The van der Waals surface area contributed by atoms with E-state index in [0.717, 1.165) is 6.42 Å². The molecule has 0 saturated carbocycles. The molecule has 1 aromatic rings. The van der Waals surface area contributed by atoms with E-state index in [2.05, 4.69) is 4.72 Å². The summed E-state index contributed by atoms with van der Waals surface area (Å²) in [7, 11) is -3.42. The van der Waals surface area contributed by atoms with E-state index in [1.165, 1.54) is 28.6 Å². The highest BCUT2D eigenvalue weighted by Gasteiger charge is 2.27. The normalized spacial score (nSPS) is 17.3. The molecule has 0 aliphatic carbocycles. The van der Waals surface area contributed by atoms with E-state index in [1.54, 1.807) is 0 Å². The van der Waals surface area contributed by atoms with E-state index < -0.39 is 10.2 Å². The molecule has 0 amide bonds. The van der Waals surface area contributed by atoms with Gasteiger partial charge in [-0.3, -0.25) is 9.69 Å². The van der Waals surface area contributed by atoms with Gasteiger partial charge in [0.05, 0.1) is 6.54 Å². The zero-order chi connectivity index (χ0) is 16.9. The summed E-state index contributed by atoms with van der Waals surface area (Å²) >= 11 is 0. The molecule has 1 fully saturated rings. The van der Waals surface area contributed by atoms with Crippen molar-refractivity contribution in [2.45, 2.75) is 13.3 Å². The van der Waals surface area contributed by atoms with Crippen molar-refractivity contribution in [3.63, 3.8) is 0 Å². The van der Waals surface area contributed by atoms with Gasteiger partial charge >= 0.3 is 0 Å². The van der Waals surface area contributed by atoms with Crippen molar-refractivity contribution in [1.82, 2.24) is 13.9 Å². The van der Waals surface area contributed by atoms with E-state index in [4.69, 9.17) is 0 Å². The first-order valence-electron chi connectivity index (χ1n) is 7.68. The third-order valence-corrected chi connectivity index (χ3v) is 5.35. The average molecular weight is 343 g/mol. The number of benzene rings is 1. The van der Waals surface area contributed by atoms with E-state index in [-0.39, 0.29) is 18.1 Å². The summed E-state index contributed by atoms with van der Waals surface area (Å²) in [6, 6.07) is 5.45. The molecule has 2 rings (SSSR count). The zero-order valence-electron chi connectivity index (χ0n) is 13.2. The van der Waals surface area contributed by atoms with Crippen molar-refractivity contribution in [1.29, 1.82) is 0 Å². The monoisotopic (exact) mass is 343 g/mol. The Morgan fingerprint density at radius 1 is 1.17 bits per heavy atom. The number of hydrogen-bond donors (Lipinski definition) is 1. The Morgan fingerprint density at radius 2 is 1.78 bits per heavy atom. The van der Waals surface area contributed by atoms with Gasteiger partial charge in [-0.05, 0) is 30.7 Å². The molecule has 0 atom stereocenters. The van der Waals surface area contributed by atoms with Crippen LogP contribution in [0.25, 0.3) is 0 Å². The maximum absolute atomic E-state index is 12.9. The number of carbonyl (C=O) groups is 1. The molecule has 0 radical (unpaired) electrons. The van der Waals surface area contributed by atoms with E-state index in [0.29, 0.717) is 38.3 Å². The van der Waals surface area contributed by atoms with Crippen molar-refractivity contribution >= 4 is 16.0 Å². The summed E-state index contributed by atoms with van der Waals surface area (Å²) in [5.41, 5.74) is 0.464. The first kappa shape index (κ1) is 18.0. The fourth-order valence-electron chi connectivity index (χ4n) is 2.38. The second-order valence-corrected chi connectivity index (χ2v) is 7.26. The molecule has 1 aliphatic heterocycles. The molecular weight excluding hydrogens is 321 g/mol. The van der Waals surface area contributed by atoms with Gasteiger partial charge in [-0.25, -0.2) is 9.11 Å². The van der Waals surface area contributed by atoms with Crippen LogP contribution in [-0.2, 0) is 10.2 Å². The van der Waals surface area contributed by atoms with Crippen LogP contribution in [0.3, 0.4) is 0 Å². The van der Waals surface area contributed by atoms with Crippen LogP contribution < -0.4 is 4.72 Å². The standard InChI is InChI=1S/C15H22FN3O3S/c1-2-7-17-23(21,22)19-10-8-18(9-11-19)12-15(20)13-3-5-14(16)6-4-13/h3-6,17H,2,7-12H2,1H3. The fraction of sp³-hybridized carbons (Fsp3) is 0.533. The molecule has 0 bridgehead atoms. The summed E-state index contributed by atoms with van der Waals surface area (Å²) in [6.45, 7) is 4.25. The molecule has 1 aliphatic rings. The number of nitrogens with one attached hydrogen (secondary N) is 1. The Balaban J connectivity index is 1.85. The molecule has 1 heterocycles. The largest absolute Gasteiger partial charge is 0.293 e. The van der Waals surface area contributed by atoms with Crippen LogP contribution in [0.2, 0.25) is 0 Å². The predicted molar refractivity (Wildman–Crippen MR) is 86.0 cm³/mol. The van der Waals surface area contributed by atoms with Gasteiger partial charge in [-0.1, -0.05) is 6.92 Å².